The first-order valence-corrected chi connectivity index (χ1v) is 17.3. The SMILES string of the molecule is [CH2-]CN(C[CH-]COc1[c-]c(C)cc(NC2N=CC(Cl)=C(Nc3ccccc3P(C)(C)=O)N2)c1)C1CCN(CC)CC1.[Li+]. The Morgan fingerprint density at radius 3 is 2.71 bits per heavy atom. The number of halogens is 1. The van der Waals surface area contributed by atoms with Crippen LogP contribution in [0, 0.1) is 26.3 Å². The number of hydrogen-bond donors (Lipinski definition) is 3. The number of aliphatic imine (C=N–C) groups is 1. The van der Waals surface area contributed by atoms with E-state index in [9.17, 15) is 4.57 Å². The number of aryl methyl sites for hydroxylation is 1. The molecule has 3 N–H and O–H groups in total. The van der Waals surface area contributed by atoms with Crippen molar-refractivity contribution in [2.24, 2.45) is 4.99 Å². The van der Waals surface area contributed by atoms with E-state index in [4.69, 9.17) is 16.3 Å². The summed E-state index contributed by atoms with van der Waals surface area (Å²) in [7, 11) is -2.49. The maximum atomic E-state index is 12.8. The molecule has 0 radical (unpaired) electrons. The van der Waals surface area contributed by atoms with Gasteiger partial charge in [-0.3, -0.25) is 6.42 Å². The predicted octanol–water partition coefficient (Wildman–Crippen LogP) is 2.14. The number of ether oxygens (including phenoxy) is 1. The Labute approximate surface area is 269 Å². The van der Waals surface area contributed by atoms with Crippen molar-refractivity contribution in [1.82, 2.24) is 15.1 Å². The topological polar surface area (TPSA) is 81.2 Å². The van der Waals surface area contributed by atoms with E-state index >= 15 is 0 Å². The van der Waals surface area contributed by atoms with Crippen molar-refractivity contribution in [3.63, 3.8) is 0 Å². The Balaban J connectivity index is 0.00000484. The summed E-state index contributed by atoms with van der Waals surface area (Å²) >= 11 is 6.45. The number of para-hydroxylation sites is 1. The molecular weight excluding hydrogens is 562 g/mol. The van der Waals surface area contributed by atoms with Gasteiger partial charge in [-0.05, 0) is 64.5 Å². The van der Waals surface area contributed by atoms with Crippen LogP contribution in [0.5, 0.6) is 5.75 Å². The molecular formula is C31H43ClLiN6O2P-2. The fourth-order valence-corrected chi connectivity index (χ4v) is 6.51. The van der Waals surface area contributed by atoms with E-state index in [0.29, 0.717) is 29.3 Å². The van der Waals surface area contributed by atoms with Crippen molar-refractivity contribution >= 4 is 41.6 Å². The van der Waals surface area contributed by atoms with Crippen LogP contribution in [0.25, 0.3) is 0 Å². The van der Waals surface area contributed by atoms with Crippen molar-refractivity contribution in [2.45, 2.75) is 39.0 Å². The number of nitrogens with one attached hydrogen (secondary N) is 3. The van der Waals surface area contributed by atoms with E-state index in [1.54, 1.807) is 19.5 Å². The summed E-state index contributed by atoms with van der Waals surface area (Å²) in [5.74, 6) is 1.25. The standard InChI is InChI=1S/C31H43ClN6O2P.Li/c1-6-37-16-13-25(14-17-37)38(7-2)15-10-18-40-26-20-23(3)19-24(21-26)34-31-33-22-27(32)30(36-31)35-28-11-8-9-12-29(28)41(4,5)39;/h8-12,19,21-22,25,31,34-36H,2,6-7,13-18H2,1,3-5H3;/q-3;+1. The van der Waals surface area contributed by atoms with Crippen LogP contribution in [0.15, 0.2) is 52.2 Å². The number of anilines is 2. The van der Waals surface area contributed by atoms with Crippen LogP contribution in [-0.4, -0.2) is 81.0 Å². The molecule has 2 aliphatic rings. The van der Waals surface area contributed by atoms with Crippen LogP contribution in [0.2, 0.25) is 0 Å². The van der Waals surface area contributed by atoms with Gasteiger partial charge in [0.1, 0.15) is 13.0 Å². The molecule has 224 valence electrons. The van der Waals surface area contributed by atoms with Crippen molar-refractivity contribution in [2.75, 3.05) is 63.3 Å². The third-order valence-corrected chi connectivity index (χ3v) is 9.25. The fourth-order valence-electron chi connectivity index (χ4n) is 5.19. The minimum absolute atomic E-state index is 0. The largest absolute Gasteiger partial charge is 1.00 e. The van der Waals surface area contributed by atoms with E-state index in [1.165, 1.54) is 12.8 Å². The maximum Gasteiger partial charge on any atom is 1.00 e. The molecule has 4 rings (SSSR count). The van der Waals surface area contributed by atoms with Gasteiger partial charge in [0.05, 0.1) is 10.7 Å². The van der Waals surface area contributed by atoms with Crippen LogP contribution >= 0.6 is 18.7 Å². The summed E-state index contributed by atoms with van der Waals surface area (Å²) in [5.41, 5.74) is 2.54. The van der Waals surface area contributed by atoms with E-state index in [2.05, 4.69) is 57.1 Å². The number of piperidine rings is 1. The predicted molar refractivity (Wildman–Crippen MR) is 173 cm³/mol. The van der Waals surface area contributed by atoms with Gasteiger partial charge in [0.2, 0.25) is 0 Å². The summed E-state index contributed by atoms with van der Waals surface area (Å²) in [6.07, 6.45) is 5.69. The third kappa shape index (κ3) is 9.81. The molecule has 1 unspecified atom stereocenters. The van der Waals surface area contributed by atoms with Crippen LogP contribution in [0.3, 0.4) is 0 Å². The first-order valence-electron chi connectivity index (χ1n) is 14.3. The van der Waals surface area contributed by atoms with Gasteiger partial charge < -0.3 is 42.0 Å². The van der Waals surface area contributed by atoms with Crippen LogP contribution in [0.1, 0.15) is 25.3 Å². The second-order valence-corrected chi connectivity index (χ2v) is 14.5. The monoisotopic (exact) mass is 604 g/mol. The van der Waals surface area contributed by atoms with Gasteiger partial charge in [-0.2, -0.15) is 5.56 Å². The van der Waals surface area contributed by atoms with Gasteiger partial charge >= 0.3 is 18.9 Å². The number of nitrogens with zero attached hydrogens (tertiary/aromatic N) is 3. The number of benzene rings is 2. The van der Waals surface area contributed by atoms with E-state index in [1.807, 2.05) is 43.3 Å². The van der Waals surface area contributed by atoms with E-state index < -0.39 is 13.4 Å². The average Bonchev–Trinajstić information content (AvgIpc) is 2.94. The zero-order valence-electron chi connectivity index (χ0n) is 25.6. The Kier molecular flexibility index (Phi) is 13.4. The van der Waals surface area contributed by atoms with Gasteiger partial charge in [0.25, 0.3) is 0 Å². The number of likely N-dealkylation sites (tertiary alicyclic amines) is 1. The van der Waals surface area contributed by atoms with Crippen molar-refractivity contribution in [3.8, 4) is 5.75 Å². The average molecular weight is 605 g/mol. The van der Waals surface area contributed by atoms with Crippen molar-refractivity contribution in [1.29, 1.82) is 0 Å². The molecule has 1 saturated heterocycles. The van der Waals surface area contributed by atoms with Gasteiger partial charge in [-0.1, -0.05) is 43.3 Å². The Morgan fingerprint density at radius 1 is 1.29 bits per heavy atom. The molecule has 2 aromatic rings. The second-order valence-electron chi connectivity index (χ2n) is 10.9. The second kappa shape index (κ2) is 16.2. The molecule has 1 fully saturated rings. The van der Waals surface area contributed by atoms with Crippen LogP contribution in [0.4, 0.5) is 11.4 Å². The summed E-state index contributed by atoms with van der Waals surface area (Å²) in [4.78, 5) is 9.44. The van der Waals surface area contributed by atoms with Crippen molar-refractivity contribution in [3.05, 3.63) is 72.2 Å². The molecule has 0 aromatic heterocycles. The van der Waals surface area contributed by atoms with E-state index in [0.717, 1.165) is 55.0 Å². The molecule has 1 atom stereocenters. The summed E-state index contributed by atoms with van der Waals surface area (Å²) < 4.78 is 18.9. The normalized spacial score (nSPS) is 18.0. The molecule has 2 aliphatic heterocycles. The van der Waals surface area contributed by atoms with Gasteiger partial charge in [0, 0.05) is 23.3 Å². The van der Waals surface area contributed by atoms with Gasteiger partial charge in [0.15, 0.2) is 6.29 Å². The fraction of sp³-hybridized carbons (Fsp3) is 0.452. The molecule has 2 aromatic carbocycles. The van der Waals surface area contributed by atoms with Gasteiger partial charge in [-0.15, -0.1) is 31.3 Å². The number of hydrogen-bond acceptors (Lipinski definition) is 8. The first-order chi connectivity index (χ1) is 19.7. The molecule has 0 amide bonds. The smallest absolute Gasteiger partial charge is 0.551 e. The van der Waals surface area contributed by atoms with Crippen LogP contribution < -0.4 is 44.9 Å². The third-order valence-electron chi connectivity index (χ3n) is 7.41. The molecule has 2 heterocycles. The molecule has 0 saturated carbocycles. The maximum absolute atomic E-state index is 12.8. The minimum atomic E-state index is -2.49. The summed E-state index contributed by atoms with van der Waals surface area (Å²) in [6.45, 7) is 17.5. The zero-order chi connectivity index (χ0) is 29.4. The minimum Gasteiger partial charge on any atom is -0.551 e. The molecule has 11 heteroatoms. The van der Waals surface area contributed by atoms with Gasteiger partial charge in [-0.25, -0.2) is 4.99 Å². The molecule has 0 bridgehead atoms. The Bertz CT molecular complexity index is 1280. The molecule has 8 nitrogen and oxygen atoms in total. The summed E-state index contributed by atoms with van der Waals surface area (Å²) in [5, 5.41) is 11.2. The van der Waals surface area contributed by atoms with E-state index in [-0.39, 0.29) is 18.9 Å². The Hall–Kier alpha value is -1.91. The molecule has 0 aliphatic carbocycles. The quantitative estimate of drug-likeness (QED) is 0.140. The number of allylic oxidation sites excluding steroid dienone is 1. The first kappa shape index (κ1) is 34.6. The zero-order valence-corrected chi connectivity index (χ0v) is 27.3. The van der Waals surface area contributed by atoms with Crippen LogP contribution in [-0.2, 0) is 4.57 Å². The summed E-state index contributed by atoms with van der Waals surface area (Å²) in [6, 6.07) is 15.3. The van der Waals surface area contributed by atoms with Crippen molar-refractivity contribution < 1.29 is 28.2 Å². The molecule has 42 heavy (non-hydrogen) atoms. The molecule has 0 spiro atoms. The number of rotatable bonds is 13. The Morgan fingerprint density at radius 2 is 2.02 bits per heavy atom.